The third kappa shape index (κ3) is 2.31. The molecule has 0 aromatic heterocycles. The number of benzene rings is 1. The molecule has 0 spiro atoms. The smallest absolute Gasteiger partial charge is 0.339 e. The first-order chi connectivity index (χ1) is 7.81. The number of hydrogen-bond acceptors (Lipinski definition) is 3. The second-order valence-electron chi connectivity index (χ2n) is 3.64. The maximum atomic E-state index is 11.3. The second-order valence-corrected chi connectivity index (χ2v) is 3.64. The van der Waals surface area contributed by atoms with Crippen molar-refractivity contribution in [3.05, 3.63) is 48.0 Å². The van der Waals surface area contributed by atoms with Crippen molar-refractivity contribution in [1.82, 2.24) is 0 Å². The third-order valence-electron chi connectivity index (χ3n) is 2.58. The zero-order valence-corrected chi connectivity index (χ0v) is 9.13. The molecule has 2 atom stereocenters. The van der Waals surface area contributed by atoms with E-state index >= 15 is 0 Å². The van der Waals surface area contributed by atoms with Crippen molar-refractivity contribution in [2.45, 2.75) is 18.6 Å². The van der Waals surface area contributed by atoms with Gasteiger partial charge in [-0.25, -0.2) is 4.79 Å². The molecule has 1 aliphatic heterocycles. The minimum Gasteiger partial charge on any atom is -0.467 e. The van der Waals surface area contributed by atoms with Crippen molar-refractivity contribution >= 4 is 5.97 Å². The summed E-state index contributed by atoms with van der Waals surface area (Å²) in [5.41, 5.74) is 1.08. The Bertz CT molecular complexity index is 383. The first-order valence-corrected chi connectivity index (χ1v) is 5.26. The second kappa shape index (κ2) is 4.94. The Hall–Kier alpha value is -1.61. The molecule has 1 aromatic rings. The first kappa shape index (κ1) is 10.9. The summed E-state index contributed by atoms with van der Waals surface area (Å²) in [5, 5.41) is 0. The number of hydrogen-bond donors (Lipinski definition) is 0. The Balaban J connectivity index is 2.10. The summed E-state index contributed by atoms with van der Waals surface area (Å²) < 4.78 is 10.3. The van der Waals surface area contributed by atoms with Gasteiger partial charge in [0.15, 0.2) is 6.10 Å². The van der Waals surface area contributed by atoms with Crippen molar-refractivity contribution in [1.29, 1.82) is 0 Å². The highest BCUT2D eigenvalue weighted by atomic mass is 16.6. The predicted molar refractivity (Wildman–Crippen MR) is 59.8 cm³/mol. The summed E-state index contributed by atoms with van der Waals surface area (Å²) >= 11 is 0. The SMILES string of the molecule is COC(=O)[C@@H]1C=CC[C@H](c2ccccc2)O1. The molecule has 2 rings (SSSR count). The number of carbonyl (C=O) groups excluding carboxylic acids is 1. The van der Waals surface area contributed by atoms with Gasteiger partial charge in [0.05, 0.1) is 13.2 Å². The lowest BCUT2D eigenvalue weighted by molar-refractivity contribution is -0.155. The fraction of sp³-hybridized carbons (Fsp3) is 0.308. The highest BCUT2D eigenvalue weighted by molar-refractivity contribution is 5.76. The van der Waals surface area contributed by atoms with Crippen molar-refractivity contribution in [3.63, 3.8) is 0 Å². The van der Waals surface area contributed by atoms with E-state index in [1.807, 2.05) is 36.4 Å². The lowest BCUT2D eigenvalue weighted by atomic mass is 10.0. The first-order valence-electron chi connectivity index (χ1n) is 5.26. The van der Waals surface area contributed by atoms with Crippen LogP contribution in [-0.2, 0) is 14.3 Å². The molecule has 0 unspecified atom stereocenters. The van der Waals surface area contributed by atoms with E-state index in [0.717, 1.165) is 12.0 Å². The average Bonchev–Trinajstić information content (AvgIpc) is 2.39. The standard InChI is InChI=1S/C13H14O3/c1-15-13(14)12-9-5-8-11(16-12)10-6-3-2-4-7-10/h2-7,9,11-12H,8H2,1H3/t11-,12+/m1/s1. The van der Waals surface area contributed by atoms with Crippen LogP contribution >= 0.6 is 0 Å². The lowest BCUT2D eigenvalue weighted by Gasteiger charge is -2.24. The molecule has 16 heavy (non-hydrogen) atoms. The van der Waals surface area contributed by atoms with Crippen LogP contribution in [0.5, 0.6) is 0 Å². The van der Waals surface area contributed by atoms with E-state index in [2.05, 4.69) is 4.74 Å². The van der Waals surface area contributed by atoms with Crippen LogP contribution in [0.25, 0.3) is 0 Å². The Morgan fingerprint density at radius 3 is 2.81 bits per heavy atom. The van der Waals surface area contributed by atoms with Gasteiger partial charge in [0.1, 0.15) is 0 Å². The molecular formula is C13H14O3. The molecule has 0 saturated heterocycles. The van der Waals surface area contributed by atoms with Crippen LogP contribution in [0.1, 0.15) is 18.1 Å². The van der Waals surface area contributed by atoms with E-state index in [-0.39, 0.29) is 12.1 Å². The van der Waals surface area contributed by atoms with Gasteiger partial charge in [-0.3, -0.25) is 0 Å². The summed E-state index contributed by atoms with van der Waals surface area (Å²) in [6, 6.07) is 9.88. The number of methoxy groups -OCH3 is 1. The summed E-state index contributed by atoms with van der Waals surface area (Å²) in [6.45, 7) is 0. The fourth-order valence-corrected chi connectivity index (χ4v) is 1.74. The van der Waals surface area contributed by atoms with Gasteiger partial charge in [0, 0.05) is 0 Å². The van der Waals surface area contributed by atoms with Crippen molar-refractivity contribution < 1.29 is 14.3 Å². The zero-order valence-electron chi connectivity index (χ0n) is 9.13. The fourth-order valence-electron chi connectivity index (χ4n) is 1.74. The van der Waals surface area contributed by atoms with Gasteiger partial charge in [0.2, 0.25) is 0 Å². The van der Waals surface area contributed by atoms with Gasteiger partial charge >= 0.3 is 5.97 Å². The molecule has 3 nitrogen and oxygen atoms in total. The highest BCUT2D eigenvalue weighted by Crippen LogP contribution is 2.27. The lowest BCUT2D eigenvalue weighted by Crippen LogP contribution is -2.27. The van der Waals surface area contributed by atoms with E-state index in [9.17, 15) is 4.79 Å². The molecule has 1 heterocycles. The minimum atomic E-state index is -0.580. The van der Waals surface area contributed by atoms with Crippen LogP contribution in [0.4, 0.5) is 0 Å². The summed E-state index contributed by atoms with van der Waals surface area (Å²) in [4.78, 5) is 11.3. The van der Waals surface area contributed by atoms with Gasteiger partial charge in [-0.15, -0.1) is 0 Å². The maximum Gasteiger partial charge on any atom is 0.339 e. The van der Waals surface area contributed by atoms with Crippen molar-refractivity contribution in [2.75, 3.05) is 7.11 Å². The Kier molecular flexibility index (Phi) is 3.37. The van der Waals surface area contributed by atoms with Crippen molar-refractivity contribution in [2.24, 2.45) is 0 Å². The van der Waals surface area contributed by atoms with E-state index < -0.39 is 6.10 Å². The highest BCUT2D eigenvalue weighted by Gasteiger charge is 2.25. The van der Waals surface area contributed by atoms with E-state index in [0.29, 0.717) is 0 Å². The van der Waals surface area contributed by atoms with Crippen LogP contribution in [0.2, 0.25) is 0 Å². The van der Waals surface area contributed by atoms with Crippen LogP contribution < -0.4 is 0 Å². The quantitative estimate of drug-likeness (QED) is 0.564. The van der Waals surface area contributed by atoms with Crippen LogP contribution in [0.3, 0.4) is 0 Å². The van der Waals surface area contributed by atoms with Gasteiger partial charge in [-0.1, -0.05) is 36.4 Å². The Morgan fingerprint density at radius 1 is 1.38 bits per heavy atom. The van der Waals surface area contributed by atoms with Crippen molar-refractivity contribution in [3.8, 4) is 0 Å². The summed E-state index contributed by atoms with van der Waals surface area (Å²) in [7, 11) is 1.37. The molecule has 0 bridgehead atoms. The van der Waals surface area contributed by atoms with Gasteiger partial charge in [-0.05, 0) is 18.1 Å². The number of esters is 1. The summed E-state index contributed by atoms with van der Waals surface area (Å²) in [6.07, 6.45) is 3.85. The molecule has 0 fully saturated rings. The molecule has 0 N–H and O–H groups in total. The molecular weight excluding hydrogens is 204 g/mol. The third-order valence-corrected chi connectivity index (χ3v) is 2.58. The predicted octanol–water partition coefficient (Wildman–Crippen LogP) is 2.25. The minimum absolute atomic E-state index is 0.0599. The number of rotatable bonds is 2. The Labute approximate surface area is 94.7 Å². The van der Waals surface area contributed by atoms with Gasteiger partial charge < -0.3 is 9.47 Å². The molecule has 1 aliphatic rings. The Morgan fingerprint density at radius 2 is 2.12 bits per heavy atom. The normalized spacial score (nSPS) is 24.1. The van der Waals surface area contributed by atoms with E-state index in [4.69, 9.17) is 4.74 Å². The zero-order chi connectivity index (χ0) is 11.4. The van der Waals surface area contributed by atoms with E-state index in [1.165, 1.54) is 7.11 Å². The van der Waals surface area contributed by atoms with Gasteiger partial charge in [0.25, 0.3) is 0 Å². The molecule has 0 radical (unpaired) electrons. The summed E-state index contributed by atoms with van der Waals surface area (Å²) in [5.74, 6) is -0.350. The van der Waals surface area contributed by atoms with Crippen LogP contribution in [0.15, 0.2) is 42.5 Å². The molecule has 1 aromatic carbocycles. The molecule has 0 saturated carbocycles. The molecule has 3 heteroatoms. The van der Waals surface area contributed by atoms with Crippen LogP contribution in [0, 0.1) is 0 Å². The largest absolute Gasteiger partial charge is 0.467 e. The topological polar surface area (TPSA) is 35.5 Å². The number of carbonyl (C=O) groups is 1. The monoisotopic (exact) mass is 218 g/mol. The van der Waals surface area contributed by atoms with E-state index in [1.54, 1.807) is 6.08 Å². The maximum absolute atomic E-state index is 11.3. The molecule has 0 aliphatic carbocycles. The molecule has 0 amide bonds. The average molecular weight is 218 g/mol. The van der Waals surface area contributed by atoms with Gasteiger partial charge in [-0.2, -0.15) is 0 Å². The van der Waals surface area contributed by atoms with Crippen LogP contribution in [-0.4, -0.2) is 19.2 Å². The number of ether oxygens (including phenoxy) is 2. The molecule has 84 valence electrons.